The van der Waals surface area contributed by atoms with Gasteiger partial charge in [-0.15, -0.1) is 0 Å². The van der Waals surface area contributed by atoms with Crippen molar-refractivity contribution in [1.29, 1.82) is 0 Å². The van der Waals surface area contributed by atoms with E-state index in [1.54, 1.807) is 6.07 Å². The van der Waals surface area contributed by atoms with Gasteiger partial charge in [0, 0.05) is 12.6 Å². The quantitative estimate of drug-likeness (QED) is 0.770. The Bertz CT molecular complexity index is 545. The molecule has 0 bridgehead atoms. The summed E-state index contributed by atoms with van der Waals surface area (Å²) in [5, 5.41) is 3.33. The predicted octanol–water partition coefficient (Wildman–Crippen LogP) is 2.00. The monoisotopic (exact) mass is 298 g/mol. The van der Waals surface area contributed by atoms with E-state index in [1.807, 2.05) is 0 Å². The molecule has 2 saturated carbocycles. The third-order valence-corrected chi connectivity index (χ3v) is 5.45. The maximum absolute atomic E-state index is 12.1. The summed E-state index contributed by atoms with van der Waals surface area (Å²) in [6, 6.07) is 3.85. The summed E-state index contributed by atoms with van der Waals surface area (Å²) < 4.78 is 32.2. The summed E-state index contributed by atoms with van der Waals surface area (Å²) in [6.07, 6.45) is 7.09. The molecule has 0 radical (unpaired) electrons. The zero-order valence-corrected chi connectivity index (χ0v) is 12.4. The summed E-state index contributed by atoms with van der Waals surface area (Å²) >= 11 is 0. The second-order valence-corrected chi connectivity index (χ2v) is 7.56. The van der Waals surface area contributed by atoms with Gasteiger partial charge >= 0.3 is 0 Å². The van der Waals surface area contributed by atoms with E-state index in [0.717, 1.165) is 6.42 Å². The molecule has 0 atom stereocenters. The van der Waals surface area contributed by atoms with E-state index in [4.69, 9.17) is 4.42 Å². The number of rotatable bonds is 8. The second kappa shape index (κ2) is 5.87. The van der Waals surface area contributed by atoms with Crippen molar-refractivity contribution >= 4 is 10.0 Å². The molecule has 0 aliphatic heterocycles. The Morgan fingerprint density at radius 1 is 1.20 bits per heavy atom. The van der Waals surface area contributed by atoms with Crippen LogP contribution in [-0.4, -0.2) is 21.0 Å². The highest BCUT2D eigenvalue weighted by Crippen LogP contribution is 2.29. The van der Waals surface area contributed by atoms with Crippen molar-refractivity contribution in [3.63, 3.8) is 0 Å². The first kappa shape index (κ1) is 14.1. The van der Waals surface area contributed by atoms with Gasteiger partial charge in [0.05, 0.1) is 6.54 Å². The standard InChI is InChI=1S/C14H22N2O3S/c17-20(18,16-9-8-11-2-1-3-11)14-7-6-13(19-14)10-15-12-4-5-12/h6-7,11-12,15-16H,1-5,8-10H2. The minimum absolute atomic E-state index is 0.0266. The highest BCUT2D eigenvalue weighted by atomic mass is 32.2. The van der Waals surface area contributed by atoms with Gasteiger partial charge in [0.2, 0.25) is 5.09 Å². The van der Waals surface area contributed by atoms with Crippen LogP contribution in [0.4, 0.5) is 0 Å². The van der Waals surface area contributed by atoms with E-state index < -0.39 is 10.0 Å². The molecule has 1 heterocycles. The molecule has 2 aliphatic carbocycles. The van der Waals surface area contributed by atoms with E-state index in [-0.39, 0.29) is 5.09 Å². The van der Waals surface area contributed by atoms with E-state index >= 15 is 0 Å². The molecule has 0 unspecified atom stereocenters. The second-order valence-electron chi connectivity index (χ2n) is 5.86. The van der Waals surface area contributed by atoms with Crippen LogP contribution in [0.2, 0.25) is 0 Å². The summed E-state index contributed by atoms with van der Waals surface area (Å²) in [5.74, 6) is 1.38. The van der Waals surface area contributed by atoms with E-state index in [1.165, 1.54) is 38.2 Å². The van der Waals surface area contributed by atoms with Crippen molar-refractivity contribution < 1.29 is 12.8 Å². The van der Waals surface area contributed by atoms with Crippen molar-refractivity contribution in [2.24, 2.45) is 5.92 Å². The van der Waals surface area contributed by atoms with Gasteiger partial charge in [-0.2, -0.15) is 0 Å². The lowest BCUT2D eigenvalue weighted by Crippen LogP contribution is -2.27. The van der Waals surface area contributed by atoms with E-state index in [2.05, 4.69) is 10.0 Å². The van der Waals surface area contributed by atoms with Crippen LogP contribution in [0.25, 0.3) is 0 Å². The maximum atomic E-state index is 12.1. The zero-order chi connectivity index (χ0) is 14.0. The highest BCUT2D eigenvalue weighted by molar-refractivity contribution is 7.89. The average molecular weight is 298 g/mol. The minimum atomic E-state index is -3.49. The summed E-state index contributed by atoms with van der Waals surface area (Å²) in [4.78, 5) is 0. The maximum Gasteiger partial charge on any atom is 0.273 e. The smallest absolute Gasteiger partial charge is 0.273 e. The number of hydrogen-bond donors (Lipinski definition) is 2. The molecule has 2 fully saturated rings. The van der Waals surface area contributed by atoms with Crippen molar-refractivity contribution in [2.45, 2.75) is 56.2 Å². The zero-order valence-electron chi connectivity index (χ0n) is 11.6. The molecule has 0 spiro atoms. The Kier molecular flexibility index (Phi) is 4.14. The fourth-order valence-electron chi connectivity index (χ4n) is 2.38. The van der Waals surface area contributed by atoms with Crippen LogP contribution in [0, 0.1) is 5.92 Å². The van der Waals surface area contributed by atoms with Gasteiger partial charge in [-0.05, 0) is 37.3 Å². The van der Waals surface area contributed by atoms with Gasteiger partial charge in [-0.3, -0.25) is 0 Å². The van der Waals surface area contributed by atoms with Gasteiger partial charge in [-0.25, -0.2) is 13.1 Å². The van der Waals surface area contributed by atoms with Crippen molar-refractivity contribution in [3.05, 3.63) is 17.9 Å². The van der Waals surface area contributed by atoms with Gasteiger partial charge in [-0.1, -0.05) is 19.3 Å². The van der Waals surface area contributed by atoms with Crippen molar-refractivity contribution in [1.82, 2.24) is 10.0 Å². The number of hydrogen-bond acceptors (Lipinski definition) is 4. The Hall–Kier alpha value is -0.850. The molecule has 0 amide bonds. The Morgan fingerprint density at radius 2 is 2.00 bits per heavy atom. The fourth-order valence-corrected chi connectivity index (χ4v) is 3.37. The molecule has 0 saturated heterocycles. The number of sulfonamides is 1. The molecule has 6 heteroatoms. The topological polar surface area (TPSA) is 71.3 Å². The lowest BCUT2D eigenvalue weighted by molar-refractivity contribution is 0.297. The first-order chi connectivity index (χ1) is 9.63. The Morgan fingerprint density at radius 3 is 2.65 bits per heavy atom. The first-order valence-corrected chi connectivity index (χ1v) is 8.93. The van der Waals surface area contributed by atoms with Gasteiger partial charge in [0.15, 0.2) is 0 Å². The molecular formula is C14H22N2O3S. The lowest BCUT2D eigenvalue weighted by atomic mass is 9.83. The minimum Gasteiger partial charge on any atom is -0.447 e. The Balaban J connectivity index is 1.49. The average Bonchev–Trinajstić information content (AvgIpc) is 3.06. The van der Waals surface area contributed by atoms with Crippen molar-refractivity contribution in [3.8, 4) is 0 Å². The van der Waals surface area contributed by atoms with Crippen LogP contribution in [0.15, 0.2) is 21.6 Å². The highest BCUT2D eigenvalue weighted by Gasteiger charge is 2.23. The van der Waals surface area contributed by atoms with E-state index in [9.17, 15) is 8.42 Å². The summed E-state index contributed by atoms with van der Waals surface area (Å²) in [6.45, 7) is 1.10. The molecule has 5 nitrogen and oxygen atoms in total. The van der Waals surface area contributed by atoms with Crippen LogP contribution in [0.5, 0.6) is 0 Å². The summed E-state index contributed by atoms with van der Waals surface area (Å²) in [5.41, 5.74) is 0. The normalized spacial score (nSPS) is 20.0. The van der Waals surface area contributed by atoms with E-state index in [0.29, 0.717) is 30.8 Å². The van der Waals surface area contributed by atoms with Gasteiger partial charge < -0.3 is 9.73 Å². The third kappa shape index (κ3) is 3.62. The molecule has 2 N–H and O–H groups in total. The van der Waals surface area contributed by atoms with Crippen LogP contribution in [0.1, 0.15) is 44.3 Å². The van der Waals surface area contributed by atoms with Crippen LogP contribution in [0.3, 0.4) is 0 Å². The number of furan rings is 1. The molecule has 0 aromatic carbocycles. The van der Waals surface area contributed by atoms with Crippen LogP contribution >= 0.6 is 0 Å². The Labute approximate surface area is 120 Å². The molecule has 1 aromatic rings. The predicted molar refractivity (Wildman–Crippen MR) is 75.7 cm³/mol. The first-order valence-electron chi connectivity index (χ1n) is 7.45. The molecule has 2 aliphatic rings. The molecule has 3 rings (SSSR count). The van der Waals surface area contributed by atoms with Crippen LogP contribution < -0.4 is 10.0 Å². The number of nitrogens with one attached hydrogen (secondary N) is 2. The van der Waals surface area contributed by atoms with Gasteiger partial charge in [0.25, 0.3) is 10.0 Å². The SMILES string of the molecule is O=S(=O)(NCCC1CCC1)c1ccc(CNC2CC2)o1. The molecular weight excluding hydrogens is 276 g/mol. The molecule has 112 valence electrons. The summed E-state index contributed by atoms with van der Waals surface area (Å²) in [7, 11) is -3.49. The molecule has 1 aromatic heterocycles. The fraction of sp³-hybridized carbons (Fsp3) is 0.714. The van der Waals surface area contributed by atoms with Crippen molar-refractivity contribution in [2.75, 3.05) is 6.54 Å². The third-order valence-electron chi connectivity index (χ3n) is 4.11. The largest absolute Gasteiger partial charge is 0.447 e. The lowest BCUT2D eigenvalue weighted by Gasteiger charge is -2.24. The van der Waals surface area contributed by atoms with Gasteiger partial charge in [0.1, 0.15) is 5.76 Å². The molecule has 20 heavy (non-hydrogen) atoms. The van der Waals surface area contributed by atoms with Crippen LogP contribution in [-0.2, 0) is 16.6 Å².